The van der Waals surface area contributed by atoms with E-state index in [4.69, 9.17) is 9.47 Å². The first kappa shape index (κ1) is 21.6. The molecule has 1 heterocycles. The van der Waals surface area contributed by atoms with Gasteiger partial charge in [-0.3, -0.25) is 9.52 Å². The summed E-state index contributed by atoms with van der Waals surface area (Å²) in [4.78, 5) is 27.1. The van der Waals surface area contributed by atoms with E-state index in [1.54, 1.807) is 24.3 Å². The Balaban J connectivity index is 1.85. The summed E-state index contributed by atoms with van der Waals surface area (Å²) >= 11 is 0. The highest BCUT2D eigenvalue weighted by Gasteiger charge is 2.19. The number of anilines is 3. The Labute approximate surface area is 175 Å². The number of sulfonamides is 1. The molecule has 1 amide bonds. The van der Waals surface area contributed by atoms with Gasteiger partial charge in [0, 0.05) is 30.0 Å². The number of nitrogens with zero attached hydrogens (tertiary/aromatic N) is 1. The molecular weight excluding hydrogens is 410 g/mol. The van der Waals surface area contributed by atoms with Crippen LogP contribution in [0.5, 0.6) is 0 Å². The Morgan fingerprint density at radius 2 is 1.83 bits per heavy atom. The van der Waals surface area contributed by atoms with Gasteiger partial charge in [-0.15, -0.1) is 0 Å². The second-order valence-corrected chi connectivity index (χ2v) is 8.48. The van der Waals surface area contributed by atoms with Crippen molar-refractivity contribution in [3.63, 3.8) is 0 Å². The van der Waals surface area contributed by atoms with Gasteiger partial charge in [0.2, 0.25) is 10.0 Å². The number of morpholine rings is 1. The molecule has 0 unspecified atom stereocenters. The highest BCUT2D eigenvalue weighted by molar-refractivity contribution is 7.92. The van der Waals surface area contributed by atoms with Gasteiger partial charge in [-0.2, -0.15) is 0 Å². The molecule has 0 bridgehead atoms. The summed E-state index contributed by atoms with van der Waals surface area (Å²) in [6.45, 7) is 2.60. The number of ether oxygens (including phenoxy) is 2. The van der Waals surface area contributed by atoms with Crippen molar-refractivity contribution in [2.45, 2.75) is 0 Å². The summed E-state index contributed by atoms with van der Waals surface area (Å²) in [7, 11) is -2.20. The lowest BCUT2D eigenvalue weighted by atomic mass is 10.1. The summed E-state index contributed by atoms with van der Waals surface area (Å²) in [6.07, 6.45) is 1.03. The molecule has 1 saturated heterocycles. The maximum atomic E-state index is 12.7. The van der Waals surface area contributed by atoms with E-state index in [2.05, 4.69) is 14.9 Å². The third-order valence-electron chi connectivity index (χ3n) is 4.46. The normalized spacial score (nSPS) is 14.1. The van der Waals surface area contributed by atoms with Gasteiger partial charge in [0.05, 0.1) is 37.8 Å². The van der Waals surface area contributed by atoms with Gasteiger partial charge < -0.3 is 19.7 Å². The predicted octanol–water partition coefficient (Wildman–Crippen LogP) is 1.93. The summed E-state index contributed by atoms with van der Waals surface area (Å²) in [6, 6.07) is 11.2. The molecule has 0 aliphatic carbocycles. The molecule has 30 heavy (non-hydrogen) atoms. The molecule has 0 aromatic heterocycles. The Morgan fingerprint density at radius 3 is 2.50 bits per heavy atom. The first-order chi connectivity index (χ1) is 14.3. The number of carbonyl (C=O) groups is 2. The molecule has 1 aliphatic heterocycles. The van der Waals surface area contributed by atoms with E-state index in [0.717, 1.165) is 11.9 Å². The minimum Gasteiger partial charge on any atom is -0.465 e. The maximum absolute atomic E-state index is 12.7. The molecule has 0 radical (unpaired) electrons. The van der Waals surface area contributed by atoms with E-state index in [-0.39, 0.29) is 16.8 Å². The average Bonchev–Trinajstić information content (AvgIpc) is 2.73. The smallest absolute Gasteiger partial charge is 0.340 e. The highest BCUT2D eigenvalue weighted by atomic mass is 32.2. The van der Waals surface area contributed by atoms with Gasteiger partial charge in [0.15, 0.2) is 0 Å². The van der Waals surface area contributed by atoms with Gasteiger partial charge in [0.1, 0.15) is 0 Å². The van der Waals surface area contributed by atoms with Crippen molar-refractivity contribution < 1.29 is 27.5 Å². The van der Waals surface area contributed by atoms with Crippen molar-refractivity contribution in [3.8, 4) is 0 Å². The number of amides is 1. The summed E-state index contributed by atoms with van der Waals surface area (Å²) < 4.78 is 35.4. The molecule has 9 nitrogen and oxygen atoms in total. The fourth-order valence-corrected chi connectivity index (χ4v) is 3.63. The molecule has 0 spiro atoms. The van der Waals surface area contributed by atoms with Gasteiger partial charge in [-0.05, 0) is 36.4 Å². The highest BCUT2D eigenvalue weighted by Crippen LogP contribution is 2.26. The minimum atomic E-state index is -3.47. The maximum Gasteiger partial charge on any atom is 0.340 e. The number of nitrogens with one attached hydrogen (secondary N) is 2. The standard InChI is InChI=1S/C20H23N3O6S/c1-28-20(25)17-13-16(23-8-10-29-11-9-23)6-7-18(17)21-19(24)14-4-3-5-15(12-14)22-30(2,26)27/h3-7,12-13,22H,8-11H2,1-2H3,(H,21,24). The Morgan fingerprint density at radius 1 is 1.10 bits per heavy atom. The molecule has 1 fully saturated rings. The van der Waals surface area contributed by atoms with Crippen LogP contribution in [0.3, 0.4) is 0 Å². The van der Waals surface area contributed by atoms with Crippen LogP contribution in [0.1, 0.15) is 20.7 Å². The molecule has 2 aromatic carbocycles. The van der Waals surface area contributed by atoms with Crippen LogP contribution >= 0.6 is 0 Å². The van der Waals surface area contributed by atoms with Crippen molar-refractivity contribution in [2.24, 2.45) is 0 Å². The number of hydrogen-bond acceptors (Lipinski definition) is 7. The molecular formula is C20H23N3O6S. The van der Waals surface area contributed by atoms with Gasteiger partial charge in [-0.1, -0.05) is 6.07 Å². The second-order valence-electron chi connectivity index (χ2n) is 6.73. The molecule has 3 rings (SSSR count). The van der Waals surface area contributed by atoms with Crippen LogP contribution in [0.15, 0.2) is 42.5 Å². The lowest BCUT2D eigenvalue weighted by molar-refractivity contribution is 0.0602. The molecule has 160 valence electrons. The third kappa shape index (κ3) is 5.49. The Hall–Kier alpha value is -3.11. The zero-order chi connectivity index (χ0) is 21.7. The van der Waals surface area contributed by atoms with Crippen molar-refractivity contribution >= 4 is 39.0 Å². The summed E-state index contributed by atoms with van der Waals surface area (Å²) in [5, 5.41) is 2.70. The fraction of sp³-hybridized carbons (Fsp3) is 0.300. The molecule has 0 saturated carbocycles. The zero-order valence-electron chi connectivity index (χ0n) is 16.7. The number of methoxy groups -OCH3 is 1. The number of hydrogen-bond donors (Lipinski definition) is 2. The minimum absolute atomic E-state index is 0.222. The van der Waals surface area contributed by atoms with Crippen molar-refractivity contribution in [3.05, 3.63) is 53.6 Å². The van der Waals surface area contributed by atoms with E-state index in [1.807, 2.05) is 6.07 Å². The SMILES string of the molecule is COC(=O)c1cc(N2CCOCC2)ccc1NC(=O)c1cccc(NS(C)(=O)=O)c1. The van der Waals surface area contributed by atoms with Crippen molar-refractivity contribution in [1.29, 1.82) is 0 Å². The lowest BCUT2D eigenvalue weighted by Gasteiger charge is -2.29. The van der Waals surface area contributed by atoms with Gasteiger partial charge in [-0.25, -0.2) is 13.2 Å². The number of carbonyl (C=O) groups excluding carboxylic acids is 2. The molecule has 10 heteroatoms. The summed E-state index contributed by atoms with van der Waals surface area (Å²) in [5.74, 6) is -1.07. The predicted molar refractivity (Wildman–Crippen MR) is 114 cm³/mol. The number of esters is 1. The Kier molecular flexibility index (Phi) is 6.58. The van der Waals surface area contributed by atoms with Crippen molar-refractivity contribution in [2.75, 3.05) is 54.6 Å². The average molecular weight is 433 g/mol. The fourth-order valence-electron chi connectivity index (χ4n) is 3.07. The summed E-state index contributed by atoms with van der Waals surface area (Å²) in [5.41, 5.74) is 1.85. The van der Waals surface area contributed by atoms with Crippen LogP contribution in [-0.4, -0.2) is 60.0 Å². The van der Waals surface area contributed by atoms with Crippen LogP contribution in [0.25, 0.3) is 0 Å². The molecule has 0 atom stereocenters. The van der Waals surface area contributed by atoms with Gasteiger partial charge >= 0.3 is 5.97 Å². The topological polar surface area (TPSA) is 114 Å². The Bertz CT molecular complexity index is 1050. The largest absolute Gasteiger partial charge is 0.465 e. The van der Waals surface area contributed by atoms with E-state index in [0.29, 0.717) is 32.0 Å². The first-order valence-electron chi connectivity index (χ1n) is 9.21. The second kappa shape index (κ2) is 9.14. The molecule has 1 aliphatic rings. The third-order valence-corrected chi connectivity index (χ3v) is 5.07. The van der Waals surface area contributed by atoms with Crippen molar-refractivity contribution in [1.82, 2.24) is 0 Å². The van der Waals surface area contributed by atoms with Crippen LogP contribution in [0, 0.1) is 0 Å². The van der Waals surface area contributed by atoms with Crippen LogP contribution in [0.2, 0.25) is 0 Å². The van der Waals surface area contributed by atoms with Crippen LogP contribution < -0.4 is 14.9 Å². The van der Waals surface area contributed by atoms with Crippen LogP contribution in [-0.2, 0) is 19.5 Å². The van der Waals surface area contributed by atoms with E-state index >= 15 is 0 Å². The van der Waals surface area contributed by atoms with Crippen LogP contribution in [0.4, 0.5) is 17.1 Å². The monoisotopic (exact) mass is 433 g/mol. The van der Waals surface area contributed by atoms with E-state index in [9.17, 15) is 18.0 Å². The molecule has 2 N–H and O–H groups in total. The number of rotatable bonds is 6. The van der Waals surface area contributed by atoms with E-state index in [1.165, 1.54) is 19.2 Å². The first-order valence-corrected chi connectivity index (χ1v) is 11.1. The lowest BCUT2D eigenvalue weighted by Crippen LogP contribution is -2.36. The van der Waals surface area contributed by atoms with E-state index < -0.39 is 21.9 Å². The molecule has 2 aromatic rings. The quantitative estimate of drug-likeness (QED) is 0.669. The van der Waals surface area contributed by atoms with Gasteiger partial charge in [0.25, 0.3) is 5.91 Å². The number of benzene rings is 2. The zero-order valence-corrected chi connectivity index (χ0v) is 17.5.